The molecule has 0 aliphatic rings. The minimum absolute atomic E-state index is 0.0283. The van der Waals surface area contributed by atoms with Crippen LogP contribution >= 0.6 is 0 Å². The van der Waals surface area contributed by atoms with E-state index in [1.165, 1.54) is 0 Å². The minimum atomic E-state index is -0.136. The van der Waals surface area contributed by atoms with E-state index in [0.717, 1.165) is 28.1 Å². The van der Waals surface area contributed by atoms with Crippen LogP contribution in [0.5, 0.6) is 0 Å². The molecule has 3 aromatic rings. The second-order valence-corrected chi connectivity index (χ2v) is 7.78. The second-order valence-electron chi connectivity index (χ2n) is 7.78. The lowest BCUT2D eigenvalue weighted by Gasteiger charge is -2.19. The number of aromatic nitrogens is 2. The van der Waals surface area contributed by atoms with Crippen molar-refractivity contribution in [3.05, 3.63) is 59.9 Å². The van der Waals surface area contributed by atoms with Crippen molar-refractivity contribution in [3.8, 4) is 0 Å². The molecule has 1 aromatic heterocycles. The Labute approximate surface area is 177 Å². The van der Waals surface area contributed by atoms with Crippen LogP contribution in [0.1, 0.15) is 31.7 Å². The summed E-state index contributed by atoms with van der Waals surface area (Å²) in [6, 6.07) is 15.6. The van der Waals surface area contributed by atoms with Gasteiger partial charge in [-0.15, -0.1) is 0 Å². The van der Waals surface area contributed by atoms with E-state index >= 15 is 0 Å². The lowest BCUT2D eigenvalue weighted by Crippen LogP contribution is -2.40. The van der Waals surface area contributed by atoms with Gasteiger partial charge >= 0.3 is 6.03 Å². The van der Waals surface area contributed by atoms with E-state index in [1.54, 1.807) is 11.9 Å². The Morgan fingerprint density at radius 2 is 1.87 bits per heavy atom. The van der Waals surface area contributed by atoms with Gasteiger partial charge < -0.3 is 20.1 Å². The van der Waals surface area contributed by atoms with E-state index in [4.69, 9.17) is 0 Å². The molecule has 0 fully saturated rings. The molecule has 0 atom stereocenters. The monoisotopic (exact) mass is 407 g/mol. The Bertz CT molecular complexity index is 1030. The van der Waals surface area contributed by atoms with Crippen LogP contribution in [-0.2, 0) is 24.8 Å². The highest BCUT2D eigenvalue weighted by Gasteiger charge is 2.15. The average Bonchev–Trinajstić information content (AvgIpc) is 3.01. The topological polar surface area (TPSA) is 79.3 Å². The maximum atomic E-state index is 12.3. The average molecular weight is 408 g/mol. The highest BCUT2D eigenvalue weighted by molar-refractivity contribution is 5.93. The van der Waals surface area contributed by atoms with Crippen molar-refractivity contribution in [2.24, 2.45) is 7.05 Å². The molecule has 0 radical (unpaired) electrons. The van der Waals surface area contributed by atoms with Crippen molar-refractivity contribution < 1.29 is 9.59 Å². The smallest absolute Gasteiger partial charge is 0.317 e. The summed E-state index contributed by atoms with van der Waals surface area (Å²) in [5.74, 6) is 0.749. The van der Waals surface area contributed by atoms with E-state index < -0.39 is 0 Å². The van der Waals surface area contributed by atoms with Gasteiger partial charge in [-0.2, -0.15) is 0 Å². The Hall–Kier alpha value is -3.35. The molecule has 0 unspecified atom stereocenters. The van der Waals surface area contributed by atoms with Crippen LogP contribution in [0.2, 0.25) is 0 Å². The SMILES string of the molecule is CC(C)NC(=O)N(C)Cc1nc2cc(NC(=O)CCc3ccccc3)ccc2n1C. The summed E-state index contributed by atoms with van der Waals surface area (Å²) in [5, 5.41) is 5.82. The van der Waals surface area contributed by atoms with Gasteiger partial charge in [-0.3, -0.25) is 4.79 Å². The number of aryl methyl sites for hydroxylation is 2. The van der Waals surface area contributed by atoms with Gasteiger partial charge in [0.2, 0.25) is 5.91 Å². The highest BCUT2D eigenvalue weighted by atomic mass is 16.2. The number of rotatable bonds is 7. The van der Waals surface area contributed by atoms with Gasteiger partial charge in [0.1, 0.15) is 5.82 Å². The maximum absolute atomic E-state index is 12.3. The van der Waals surface area contributed by atoms with Crippen LogP contribution in [0.25, 0.3) is 11.0 Å². The number of hydrogen-bond donors (Lipinski definition) is 2. The molecule has 0 aliphatic heterocycles. The first-order chi connectivity index (χ1) is 14.3. The number of hydrogen-bond acceptors (Lipinski definition) is 3. The van der Waals surface area contributed by atoms with Crippen LogP contribution in [0.15, 0.2) is 48.5 Å². The third kappa shape index (κ3) is 5.37. The Morgan fingerprint density at radius 1 is 1.13 bits per heavy atom. The largest absolute Gasteiger partial charge is 0.336 e. The number of anilines is 1. The summed E-state index contributed by atoms with van der Waals surface area (Å²) in [6.07, 6.45) is 1.12. The van der Waals surface area contributed by atoms with Gasteiger partial charge in [-0.1, -0.05) is 30.3 Å². The summed E-state index contributed by atoms with van der Waals surface area (Å²) in [6.45, 7) is 4.25. The maximum Gasteiger partial charge on any atom is 0.317 e. The third-order valence-electron chi connectivity index (χ3n) is 4.88. The standard InChI is InChI=1S/C23H29N5O2/c1-16(2)24-23(30)27(3)15-21-26-19-14-18(11-12-20(19)28(21)4)25-22(29)13-10-17-8-6-5-7-9-17/h5-9,11-12,14,16H,10,13,15H2,1-4H3,(H,24,30)(H,25,29). The van der Waals surface area contributed by atoms with Crippen LogP contribution in [-0.4, -0.2) is 39.5 Å². The first-order valence-electron chi connectivity index (χ1n) is 10.1. The first-order valence-corrected chi connectivity index (χ1v) is 10.1. The highest BCUT2D eigenvalue weighted by Crippen LogP contribution is 2.21. The lowest BCUT2D eigenvalue weighted by molar-refractivity contribution is -0.116. The number of fused-ring (bicyclic) bond motifs is 1. The molecular weight excluding hydrogens is 378 g/mol. The molecule has 30 heavy (non-hydrogen) atoms. The molecule has 158 valence electrons. The Kier molecular flexibility index (Phi) is 6.72. The van der Waals surface area contributed by atoms with Crippen LogP contribution in [0.4, 0.5) is 10.5 Å². The zero-order valence-electron chi connectivity index (χ0n) is 18.0. The number of nitrogens with zero attached hydrogens (tertiary/aromatic N) is 3. The van der Waals surface area contributed by atoms with Crippen LogP contribution in [0.3, 0.4) is 0 Å². The number of amides is 3. The number of benzene rings is 2. The lowest BCUT2D eigenvalue weighted by atomic mass is 10.1. The second kappa shape index (κ2) is 9.43. The predicted octanol–water partition coefficient (Wildman–Crippen LogP) is 3.69. The quantitative estimate of drug-likeness (QED) is 0.627. The molecule has 0 aliphatic carbocycles. The zero-order valence-corrected chi connectivity index (χ0v) is 18.0. The summed E-state index contributed by atoms with van der Waals surface area (Å²) >= 11 is 0. The van der Waals surface area contributed by atoms with Crippen molar-refractivity contribution in [2.75, 3.05) is 12.4 Å². The molecule has 0 bridgehead atoms. The van der Waals surface area contributed by atoms with Crippen LogP contribution < -0.4 is 10.6 Å². The van der Waals surface area contributed by atoms with E-state index in [9.17, 15) is 9.59 Å². The fourth-order valence-corrected chi connectivity index (χ4v) is 3.24. The zero-order chi connectivity index (χ0) is 21.7. The molecule has 2 aromatic carbocycles. The molecule has 3 rings (SSSR count). The van der Waals surface area contributed by atoms with E-state index in [1.807, 2.05) is 74.0 Å². The van der Waals surface area contributed by atoms with Crippen molar-refractivity contribution in [3.63, 3.8) is 0 Å². The van der Waals surface area contributed by atoms with Gasteiger partial charge in [0.05, 0.1) is 17.6 Å². The summed E-state index contributed by atoms with van der Waals surface area (Å²) in [7, 11) is 3.67. The molecule has 0 saturated heterocycles. The molecule has 7 heteroatoms. The number of urea groups is 1. The number of imidazole rings is 1. The fourth-order valence-electron chi connectivity index (χ4n) is 3.24. The predicted molar refractivity (Wildman–Crippen MR) is 119 cm³/mol. The van der Waals surface area contributed by atoms with E-state index in [-0.39, 0.29) is 18.0 Å². The molecular formula is C23H29N5O2. The van der Waals surface area contributed by atoms with Crippen LogP contribution in [0, 0.1) is 0 Å². The van der Waals surface area contributed by atoms with Crippen molar-refractivity contribution in [1.82, 2.24) is 19.8 Å². The van der Waals surface area contributed by atoms with E-state index in [2.05, 4.69) is 15.6 Å². The van der Waals surface area contributed by atoms with Crippen molar-refractivity contribution in [2.45, 2.75) is 39.3 Å². The third-order valence-corrected chi connectivity index (χ3v) is 4.88. The van der Waals surface area contributed by atoms with Gasteiger partial charge in [-0.25, -0.2) is 9.78 Å². The molecule has 0 saturated carbocycles. The summed E-state index contributed by atoms with van der Waals surface area (Å²) in [4.78, 5) is 30.7. The normalized spacial score (nSPS) is 11.0. The Balaban J connectivity index is 1.66. The molecule has 1 heterocycles. The minimum Gasteiger partial charge on any atom is -0.336 e. The van der Waals surface area contributed by atoms with Gasteiger partial charge in [-0.05, 0) is 44.0 Å². The number of carbonyl (C=O) groups is 2. The number of carbonyl (C=O) groups excluding carboxylic acids is 2. The molecule has 0 spiro atoms. The van der Waals surface area contributed by atoms with Gasteiger partial charge in [0, 0.05) is 32.2 Å². The summed E-state index contributed by atoms with van der Waals surface area (Å²) < 4.78 is 1.97. The van der Waals surface area contributed by atoms with Gasteiger partial charge in [0.25, 0.3) is 0 Å². The Morgan fingerprint density at radius 3 is 2.57 bits per heavy atom. The van der Waals surface area contributed by atoms with Gasteiger partial charge in [0.15, 0.2) is 0 Å². The fraction of sp³-hybridized carbons (Fsp3) is 0.348. The van der Waals surface area contributed by atoms with Crippen molar-refractivity contribution >= 4 is 28.7 Å². The van der Waals surface area contributed by atoms with Crippen molar-refractivity contribution in [1.29, 1.82) is 0 Å². The van der Waals surface area contributed by atoms with E-state index in [0.29, 0.717) is 19.4 Å². The molecule has 2 N–H and O–H groups in total. The summed E-state index contributed by atoms with van der Waals surface area (Å²) in [5.41, 5.74) is 3.59. The molecule has 7 nitrogen and oxygen atoms in total. The number of nitrogens with one attached hydrogen (secondary N) is 2. The molecule has 3 amide bonds. The first kappa shape index (κ1) is 21.4.